The molecule has 3 N–H and O–H groups in total. The summed E-state index contributed by atoms with van der Waals surface area (Å²) in [6.07, 6.45) is -4.93. The normalized spacial score (nSPS) is 29.0. The largest absolute Gasteiger partial charge is 0.478 e. The van der Waals surface area contributed by atoms with Gasteiger partial charge in [0, 0.05) is 5.69 Å². The fourth-order valence-electron chi connectivity index (χ4n) is 3.79. The highest BCUT2D eigenvalue weighted by Gasteiger charge is 2.58. The molecule has 2 aromatic rings. The molecule has 0 aromatic heterocycles. The number of carboxylic acids is 1. The molecule has 30 heavy (non-hydrogen) atoms. The van der Waals surface area contributed by atoms with Gasteiger partial charge in [-0.15, -0.1) is 0 Å². The van der Waals surface area contributed by atoms with Gasteiger partial charge in [-0.25, -0.2) is 4.79 Å². The number of aliphatic hydroxyl groups is 1. The zero-order valence-corrected chi connectivity index (χ0v) is 16.7. The van der Waals surface area contributed by atoms with Gasteiger partial charge in [0.2, 0.25) is 6.10 Å². The number of para-hydroxylation sites is 2. The van der Waals surface area contributed by atoms with E-state index >= 15 is 0 Å². The van der Waals surface area contributed by atoms with E-state index in [9.17, 15) is 15.0 Å². The second-order valence-electron chi connectivity index (χ2n) is 7.79. The third-order valence-electron chi connectivity index (χ3n) is 5.09. The molecule has 8 nitrogen and oxygen atoms in total. The maximum Gasteiger partial charge on any atom is 0.347 e. The van der Waals surface area contributed by atoms with Crippen molar-refractivity contribution in [1.29, 1.82) is 0 Å². The van der Waals surface area contributed by atoms with Gasteiger partial charge in [0.15, 0.2) is 12.1 Å². The molecule has 8 heteroatoms. The quantitative estimate of drug-likeness (QED) is 0.632. The van der Waals surface area contributed by atoms with Crippen LogP contribution < -0.4 is 10.1 Å². The highest BCUT2D eigenvalue weighted by atomic mass is 16.8. The van der Waals surface area contributed by atoms with Crippen LogP contribution in [0.4, 0.5) is 5.69 Å². The van der Waals surface area contributed by atoms with E-state index in [4.69, 9.17) is 18.9 Å². The maximum absolute atomic E-state index is 12.2. The monoisotopic (exact) mass is 415 g/mol. The van der Waals surface area contributed by atoms with Crippen LogP contribution in [0.5, 0.6) is 5.75 Å². The van der Waals surface area contributed by atoms with Crippen LogP contribution in [-0.4, -0.2) is 58.7 Å². The number of nitrogens with one attached hydrogen (secondary N) is 1. The summed E-state index contributed by atoms with van der Waals surface area (Å²) in [5.74, 6) is -1.69. The average molecular weight is 415 g/mol. The van der Waals surface area contributed by atoms with E-state index in [0.29, 0.717) is 11.4 Å². The average Bonchev–Trinajstić information content (AvgIpc) is 3.18. The molecule has 6 atom stereocenters. The van der Waals surface area contributed by atoms with Crippen molar-refractivity contribution in [3.05, 3.63) is 60.7 Å². The molecule has 0 unspecified atom stereocenters. The van der Waals surface area contributed by atoms with E-state index < -0.39 is 48.5 Å². The van der Waals surface area contributed by atoms with Crippen LogP contribution in [0.1, 0.15) is 13.8 Å². The predicted molar refractivity (Wildman–Crippen MR) is 107 cm³/mol. The fourth-order valence-corrected chi connectivity index (χ4v) is 3.79. The van der Waals surface area contributed by atoms with Gasteiger partial charge in [-0.05, 0) is 38.1 Å². The third-order valence-corrected chi connectivity index (χ3v) is 5.09. The Morgan fingerprint density at radius 1 is 1.07 bits per heavy atom. The van der Waals surface area contributed by atoms with Crippen LogP contribution in [0.3, 0.4) is 0 Å². The maximum atomic E-state index is 12.2. The van der Waals surface area contributed by atoms with Gasteiger partial charge in [-0.1, -0.05) is 36.4 Å². The minimum absolute atomic E-state index is 0.395. The molecule has 0 saturated carbocycles. The number of aliphatic carboxylic acids is 1. The minimum Gasteiger partial charge on any atom is -0.478 e. The zero-order valence-electron chi connectivity index (χ0n) is 16.7. The number of hydrogen-bond donors (Lipinski definition) is 3. The van der Waals surface area contributed by atoms with Gasteiger partial charge in [0.25, 0.3) is 0 Å². The number of carboxylic acid groups (broad SMARTS) is 1. The summed E-state index contributed by atoms with van der Waals surface area (Å²) in [5, 5.41) is 24.0. The lowest BCUT2D eigenvalue weighted by Crippen LogP contribution is -2.54. The van der Waals surface area contributed by atoms with Crippen molar-refractivity contribution in [2.45, 2.75) is 56.4 Å². The first kappa shape index (κ1) is 20.6. The molecule has 2 heterocycles. The van der Waals surface area contributed by atoms with Gasteiger partial charge < -0.3 is 34.5 Å². The first-order valence-corrected chi connectivity index (χ1v) is 9.79. The van der Waals surface area contributed by atoms with Crippen molar-refractivity contribution in [2.75, 3.05) is 5.32 Å². The molecule has 2 aromatic carbocycles. The Morgan fingerprint density at radius 3 is 2.30 bits per heavy atom. The molecule has 2 aliphatic rings. The molecular formula is C22H25NO7. The lowest BCUT2D eigenvalue weighted by atomic mass is 9.98. The summed E-state index contributed by atoms with van der Waals surface area (Å²) in [6, 6.07) is 16.8. The van der Waals surface area contributed by atoms with Crippen molar-refractivity contribution in [3.63, 3.8) is 0 Å². The van der Waals surface area contributed by atoms with E-state index in [1.807, 2.05) is 24.3 Å². The van der Waals surface area contributed by atoms with Crippen LogP contribution in [-0.2, 0) is 19.0 Å². The molecule has 4 rings (SSSR count). The van der Waals surface area contributed by atoms with Gasteiger partial charge in [0.1, 0.15) is 30.1 Å². The van der Waals surface area contributed by atoms with Gasteiger partial charge in [-0.3, -0.25) is 0 Å². The Hall–Kier alpha value is -2.65. The molecule has 2 fully saturated rings. The summed E-state index contributed by atoms with van der Waals surface area (Å²) in [7, 11) is 0. The number of ether oxygens (including phenoxy) is 4. The summed E-state index contributed by atoms with van der Waals surface area (Å²) >= 11 is 0. The number of rotatable bonds is 7. The first-order chi connectivity index (χ1) is 14.3. The van der Waals surface area contributed by atoms with Gasteiger partial charge >= 0.3 is 5.97 Å². The Kier molecular flexibility index (Phi) is 5.66. The second kappa shape index (κ2) is 8.23. The Morgan fingerprint density at radius 2 is 1.70 bits per heavy atom. The van der Waals surface area contributed by atoms with E-state index in [0.717, 1.165) is 0 Å². The SMILES string of the molecule is CC1(C)O[C@H]2O[C@H]([C@@H](Nc3ccccc3)[C@H](Oc3ccccc3)C(=O)O)[C@H](O)[C@H]2O1. The fraction of sp³-hybridized carbons (Fsp3) is 0.409. The van der Waals surface area contributed by atoms with E-state index in [1.165, 1.54) is 0 Å². The van der Waals surface area contributed by atoms with Gasteiger partial charge in [-0.2, -0.15) is 0 Å². The minimum atomic E-state index is -1.35. The highest BCUT2D eigenvalue weighted by Crippen LogP contribution is 2.39. The summed E-state index contributed by atoms with van der Waals surface area (Å²) < 4.78 is 23.2. The molecule has 2 aliphatic heterocycles. The van der Waals surface area contributed by atoms with Crippen molar-refractivity contribution in [3.8, 4) is 5.75 Å². The highest BCUT2D eigenvalue weighted by molar-refractivity contribution is 5.75. The van der Waals surface area contributed by atoms with Crippen LogP contribution in [0.15, 0.2) is 60.7 Å². The standard InChI is InChI=1S/C22H25NO7/c1-22(2)29-19-16(24)17(28-21(19)30-22)15(23-13-9-5-3-6-10-13)18(20(25)26)27-14-11-7-4-8-12-14/h3-12,15-19,21,23-24H,1-2H3,(H,25,26)/t15-,16+,17-,18+,19-,21-/m1/s1. The molecule has 0 aliphatic carbocycles. The predicted octanol–water partition coefficient (Wildman–Crippen LogP) is 2.24. The molecular weight excluding hydrogens is 390 g/mol. The molecule has 0 radical (unpaired) electrons. The van der Waals surface area contributed by atoms with Crippen molar-refractivity contribution >= 4 is 11.7 Å². The van der Waals surface area contributed by atoms with Crippen LogP contribution in [0.25, 0.3) is 0 Å². The number of aliphatic hydroxyl groups excluding tert-OH is 1. The van der Waals surface area contributed by atoms with Crippen molar-refractivity contribution < 1.29 is 34.0 Å². The summed E-state index contributed by atoms with van der Waals surface area (Å²) in [4.78, 5) is 12.2. The Bertz CT molecular complexity index is 860. The lowest BCUT2D eigenvalue weighted by Gasteiger charge is -2.33. The van der Waals surface area contributed by atoms with E-state index in [2.05, 4.69) is 5.32 Å². The molecule has 0 spiro atoms. The summed E-state index contributed by atoms with van der Waals surface area (Å²) in [6.45, 7) is 3.46. The summed E-state index contributed by atoms with van der Waals surface area (Å²) in [5.41, 5.74) is 0.667. The number of anilines is 1. The number of hydrogen-bond acceptors (Lipinski definition) is 7. The number of carbonyl (C=O) groups is 1. The molecule has 2 saturated heterocycles. The Labute approximate surface area is 174 Å². The second-order valence-corrected chi connectivity index (χ2v) is 7.79. The zero-order chi connectivity index (χ0) is 21.3. The van der Waals surface area contributed by atoms with E-state index in [-0.39, 0.29) is 0 Å². The Balaban J connectivity index is 1.63. The number of fused-ring (bicyclic) bond motifs is 1. The molecule has 0 amide bonds. The van der Waals surface area contributed by atoms with Gasteiger partial charge in [0.05, 0.1) is 0 Å². The molecule has 0 bridgehead atoms. The van der Waals surface area contributed by atoms with Crippen molar-refractivity contribution in [1.82, 2.24) is 0 Å². The first-order valence-electron chi connectivity index (χ1n) is 9.79. The smallest absolute Gasteiger partial charge is 0.347 e. The lowest BCUT2D eigenvalue weighted by molar-refractivity contribution is -0.218. The van der Waals surface area contributed by atoms with Crippen LogP contribution in [0.2, 0.25) is 0 Å². The number of benzene rings is 2. The van der Waals surface area contributed by atoms with Crippen molar-refractivity contribution in [2.24, 2.45) is 0 Å². The van der Waals surface area contributed by atoms with Crippen LogP contribution >= 0.6 is 0 Å². The van der Waals surface area contributed by atoms with Crippen LogP contribution in [0, 0.1) is 0 Å². The van der Waals surface area contributed by atoms with E-state index in [1.54, 1.807) is 50.2 Å². The molecule has 160 valence electrons. The third kappa shape index (κ3) is 4.27. The topological polar surface area (TPSA) is 106 Å².